The van der Waals surface area contributed by atoms with E-state index in [0.717, 1.165) is 45.5 Å². The van der Waals surface area contributed by atoms with Gasteiger partial charge in [-0.25, -0.2) is 0 Å². The molecule has 1 N–H and O–H groups in total. The fraction of sp³-hybridized carbons (Fsp3) is 0.917. The Labute approximate surface area is 97.3 Å². The lowest BCUT2D eigenvalue weighted by molar-refractivity contribution is -0.138. The highest BCUT2D eigenvalue weighted by molar-refractivity contribution is 5.79. The Morgan fingerprint density at radius 1 is 1.38 bits per heavy atom. The Kier molecular flexibility index (Phi) is 4.18. The molecule has 2 heterocycles. The smallest absolute Gasteiger partial charge is 0.228 e. The van der Waals surface area contributed by atoms with E-state index in [1.807, 2.05) is 0 Å². The van der Waals surface area contributed by atoms with Gasteiger partial charge in [0.25, 0.3) is 0 Å². The van der Waals surface area contributed by atoms with E-state index in [0.29, 0.717) is 18.6 Å². The number of carbonyl (C=O) groups is 1. The Morgan fingerprint density at radius 3 is 2.69 bits per heavy atom. The van der Waals surface area contributed by atoms with Crippen LogP contribution in [-0.4, -0.2) is 49.7 Å². The van der Waals surface area contributed by atoms with Crippen molar-refractivity contribution in [2.24, 2.45) is 5.92 Å². The van der Waals surface area contributed by atoms with Crippen LogP contribution < -0.4 is 5.32 Å². The molecule has 0 aromatic heterocycles. The molecule has 0 aromatic rings. The van der Waals surface area contributed by atoms with E-state index in [-0.39, 0.29) is 5.92 Å². The highest BCUT2D eigenvalue weighted by Crippen LogP contribution is 2.20. The van der Waals surface area contributed by atoms with Crippen LogP contribution in [0.2, 0.25) is 0 Å². The van der Waals surface area contributed by atoms with E-state index in [1.165, 1.54) is 0 Å². The molecule has 2 rings (SSSR count). The van der Waals surface area contributed by atoms with Crippen LogP contribution in [-0.2, 0) is 9.53 Å². The van der Waals surface area contributed by atoms with E-state index < -0.39 is 0 Å². The zero-order chi connectivity index (χ0) is 11.4. The quantitative estimate of drug-likeness (QED) is 0.767. The topological polar surface area (TPSA) is 41.6 Å². The fourth-order valence-corrected chi connectivity index (χ4v) is 2.68. The zero-order valence-electron chi connectivity index (χ0n) is 10.1. The van der Waals surface area contributed by atoms with Crippen molar-refractivity contribution in [2.45, 2.75) is 32.2 Å². The van der Waals surface area contributed by atoms with Crippen LogP contribution in [0.15, 0.2) is 0 Å². The summed E-state index contributed by atoms with van der Waals surface area (Å²) in [5.74, 6) is 0.432. The van der Waals surface area contributed by atoms with E-state index in [2.05, 4.69) is 17.1 Å². The molecule has 0 saturated carbocycles. The van der Waals surface area contributed by atoms with E-state index in [9.17, 15) is 4.79 Å². The number of ether oxygens (including phenoxy) is 1. The maximum absolute atomic E-state index is 12.3. The van der Waals surface area contributed by atoms with E-state index in [1.54, 1.807) is 0 Å². The Morgan fingerprint density at radius 2 is 2.12 bits per heavy atom. The van der Waals surface area contributed by atoms with Gasteiger partial charge in [0, 0.05) is 19.2 Å². The molecular formula is C12H22N2O2. The summed E-state index contributed by atoms with van der Waals surface area (Å²) in [4.78, 5) is 14.4. The highest BCUT2D eigenvalue weighted by atomic mass is 16.5. The third-order valence-electron chi connectivity index (χ3n) is 3.65. The van der Waals surface area contributed by atoms with E-state index in [4.69, 9.17) is 4.74 Å². The van der Waals surface area contributed by atoms with Crippen molar-refractivity contribution in [1.82, 2.24) is 10.2 Å². The molecule has 92 valence electrons. The first-order chi connectivity index (χ1) is 7.83. The van der Waals surface area contributed by atoms with Gasteiger partial charge < -0.3 is 15.0 Å². The number of rotatable bonds is 3. The van der Waals surface area contributed by atoms with E-state index >= 15 is 0 Å². The molecule has 0 radical (unpaired) electrons. The molecule has 0 aromatic carbocycles. The average Bonchev–Trinajstić information content (AvgIpc) is 2.85. The first-order valence-corrected chi connectivity index (χ1v) is 6.42. The number of nitrogens with zero attached hydrogens (tertiary/aromatic N) is 1. The minimum atomic E-state index is 0.120. The van der Waals surface area contributed by atoms with Crippen LogP contribution in [0, 0.1) is 5.92 Å². The fourth-order valence-electron chi connectivity index (χ4n) is 2.68. The van der Waals surface area contributed by atoms with Gasteiger partial charge >= 0.3 is 0 Å². The molecule has 0 aliphatic carbocycles. The van der Waals surface area contributed by atoms with Gasteiger partial charge in [-0.05, 0) is 39.3 Å². The summed E-state index contributed by atoms with van der Waals surface area (Å²) in [7, 11) is 0. The van der Waals surface area contributed by atoms with Crippen molar-refractivity contribution in [3.8, 4) is 0 Å². The number of hydrogen-bond acceptors (Lipinski definition) is 3. The number of nitrogens with one attached hydrogen (secondary N) is 1. The van der Waals surface area contributed by atoms with Crippen molar-refractivity contribution in [3.05, 3.63) is 0 Å². The number of hydrogen-bond donors (Lipinski definition) is 1. The zero-order valence-corrected chi connectivity index (χ0v) is 10.1. The molecule has 4 nitrogen and oxygen atoms in total. The first-order valence-electron chi connectivity index (χ1n) is 6.42. The normalized spacial score (nSPS) is 26.9. The largest absolute Gasteiger partial charge is 0.381 e. The van der Waals surface area contributed by atoms with Gasteiger partial charge in [0.1, 0.15) is 0 Å². The predicted octanol–water partition coefficient (Wildman–Crippen LogP) is 0.623. The molecular weight excluding hydrogens is 204 g/mol. The second kappa shape index (κ2) is 5.64. The number of piperidine rings is 1. The highest BCUT2D eigenvalue weighted by Gasteiger charge is 2.31. The molecule has 4 heteroatoms. The van der Waals surface area contributed by atoms with Gasteiger partial charge in [0.05, 0.1) is 12.5 Å². The summed E-state index contributed by atoms with van der Waals surface area (Å²) in [5.41, 5.74) is 0. The molecule has 0 bridgehead atoms. The van der Waals surface area contributed by atoms with Gasteiger partial charge in [-0.2, -0.15) is 0 Å². The molecule has 2 fully saturated rings. The van der Waals surface area contributed by atoms with Crippen LogP contribution in [0.1, 0.15) is 26.2 Å². The van der Waals surface area contributed by atoms with Crippen LogP contribution in [0.25, 0.3) is 0 Å². The Hall–Kier alpha value is -0.610. The van der Waals surface area contributed by atoms with Crippen molar-refractivity contribution >= 4 is 5.91 Å². The van der Waals surface area contributed by atoms with Crippen LogP contribution in [0.3, 0.4) is 0 Å². The second-order valence-electron chi connectivity index (χ2n) is 4.67. The Bertz CT molecular complexity index is 233. The van der Waals surface area contributed by atoms with Gasteiger partial charge in [-0.15, -0.1) is 0 Å². The average molecular weight is 226 g/mol. The van der Waals surface area contributed by atoms with Crippen molar-refractivity contribution < 1.29 is 9.53 Å². The van der Waals surface area contributed by atoms with Crippen molar-refractivity contribution in [2.75, 3.05) is 32.8 Å². The molecule has 1 amide bonds. The summed E-state index contributed by atoms with van der Waals surface area (Å²) in [6.45, 7) is 6.36. The number of carbonyl (C=O) groups excluding carboxylic acids is 1. The van der Waals surface area contributed by atoms with Crippen molar-refractivity contribution in [3.63, 3.8) is 0 Å². The lowest BCUT2D eigenvalue weighted by atomic mass is 10.0. The molecule has 1 atom stereocenters. The summed E-state index contributed by atoms with van der Waals surface area (Å²) in [6.07, 6.45) is 3.08. The minimum Gasteiger partial charge on any atom is -0.381 e. The standard InChI is InChI=1S/C12H22N2O2/c1-2-14(11-3-6-13-7-4-11)12(15)10-5-8-16-9-10/h10-11,13H,2-9H2,1H3. The van der Waals surface area contributed by atoms with Crippen LogP contribution in [0.4, 0.5) is 0 Å². The third kappa shape index (κ3) is 2.55. The third-order valence-corrected chi connectivity index (χ3v) is 3.65. The van der Waals surface area contributed by atoms with Crippen molar-refractivity contribution in [1.29, 1.82) is 0 Å². The lowest BCUT2D eigenvalue weighted by Gasteiger charge is -2.35. The summed E-state index contributed by atoms with van der Waals surface area (Å²) < 4.78 is 5.30. The van der Waals surface area contributed by atoms with Crippen LogP contribution in [0.5, 0.6) is 0 Å². The summed E-state index contributed by atoms with van der Waals surface area (Å²) in [5, 5.41) is 3.34. The Balaban J connectivity index is 1.94. The molecule has 0 spiro atoms. The minimum absolute atomic E-state index is 0.120. The first kappa shape index (κ1) is 11.9. The summed E-state index contributed by atoms with van der Waals surface area (Å²) in [6, 6.07) is 0.444. The monoisotopic (exact) mass is 226 g/mol. The lowest BCUT2D eigenvalue weighted by Crippen LogP contribution is -2.48. The molecule has 1 unspecified atom stereocenters. The predicted molar refractivity (Wildman–Crippen MR) is 62.2 cm³/mol. The molecule has 2 aliphatic heterocycles. The van der Waals surface area contributed by atoms with Gasteiger partial charge in [0.2, 0.25) is 5.91 Å². The van der Waals surface area contributed by atoms with Gasteiger partial charge in [-0.3, -0.25) is 4.79 Å². The maximum atomic E-state index is 12.3. The molecule has 2 aliphatic rings. The number of amides is 1. The van der Waals surface area contributed by atoms with Gasteiger partial charge in [0.15, 0.2) is 0 Å². The SMILES string of the molecule is CCN(C(=O)C1CCOC1)C1CCNCC1. The second-order valence-corrected chi connectivity index (χ2v) is 4.67. The maximum Gasteiger partial charge on any atom is 0.228 e. The molecule has 2 saturated heterocycles. The summed E-state index contributed by atoms with van der Waals surface area (Å²) >= 11 is 0. The molecule has 16 heavy (non-hydrogen) atoms. The van der Waals surface area contributed by atoms with Crippen LogP contribution >= 0.6 is 0 Å². The van der Waals surface area contributed by atoms with Gasteiger partial charge in [-0.1, -0.05) is 0 Å².